The molecule has 6 heteroatoms. The molecule has 0 spiro atoms. The van der Waals surface area contributed by atoms with Gasteiger partial charge in [-0.05, 0) is 39.5 Å². The Morgan fingerprint density at radius 1 is 1.17 bits per heavy atom. The first-order valence-corrected chi connectivity index (χ1v) is 8.88. The van der Waals surface area contributed by atoms with Gasteiger partial charge in [-0.25, -0.2) is 9.97 Å². The minimum absolute atomic E-state index is 0.0370. The first-order valence-electron chi connectivity index (χ1n) is 8.88. The van der Waals surface area contributed by atoms with Crippen molar-refractivity contribution in [3.8, 4) is 0 Å². The Morgan fingerprint density at radius 2 is 1.92 bits per heavy atom. The third-order valence-electron chi connectivity index (χ3n) is 5.54. The zero-order valence-corrected chi connectivity index (χ0v) is 14.4. The predicted molar refractivity (Wildman–Crippen MR) is 89.0 cm³/mol. The van der Waals surface area contributed by atoms with Crippen LogP contribution >= 0.6 is 0 Å². The summed E-state index contributed by atoms with van der Waals surface area (Å²) in [5.41, 5.74) is 1.91. The highest BCUT2D eigenvalue weighted by Gasteiger charge is 2.31. The number of amides is 1. The number of carbonyl (C=O) groups excluding carboxylic acids is 1. The monoisotopic (exact) mass is 328 g/mol. The Hall–Kier alpha value is -2.11. The smallest absolute Gasteiger partial charge is 0.291 e. The predicted octanol–water partition coefficient (Wildman–Crippen LogP) is 3.23. The number of imidazole rings is 1. The minimum Gasteiger partial charge on any atom is -0.438 e. The lowest BCUT2D eigenvalue weighted by Gasteiger charge is -2.35. The molecular formula is C18H24N4O2. The van der Waals surface area contributed by atoms with Crippen LogP contribution in [0.2, 0.25) is 0 Å². The second-order valence-electron chi connectivity index (χ2n) is 7.05. The van der Waals surface area contributed by atoms with Gasteiger partial charge in [0.15, 0.2) is 6.39 Å². The van der Waals surface area contributed by atoms with Crippen molar-refractivity contribution >= 4 is 5.91 Å². The molecule has 0 radical (unpaired) electrons. The van der Waals surface area contributed by atoms with E-state index in [9.17, 15) is 4.79 Å². The molecule has 2 aromatic heterocycles. The normalized spacial score (nSPS) is 19.5. The number of hydrogen-bond acceptors (Lipinski definition) is 4. The standard InChI is InChI=1S/C18H24N4O2/c1-12-10-19-17(14-4-3-5-14)22(12)15-6-8-21(9-7-15)18(23)16-13(2)20-11-24-16/h10-11,14-15H,3-9H2,1-2H3. The number of rotatable bonds is 3. The second-order valence-corrected chi connectivity index (χ2v) is 7.05. The van der Waals surface area contributed by atoms with Crippen molar-refractivity contribution in [2.75, 3.05) is 13.1 Å². The number of hydrogen-bond donors (Lipinski definition) is 0. The number of oxazole rings is 1. The molecule has 0 aromatic carbocycles. The van der Waals surface area contributed by atoms with Gasteiger partial charge in [0.25, 0.3) is 5.91 Å². The number of piperidine rings is 1. The first-order chi connectivity index (χ1) is 11.6. The van der Waals surface area contributed by atoms with E-state index in [0.717, 1.165) is 25.9 Å². The Kier molecular flexibility index (Phi) is 3.90. The van der Waals surface area contributed by atoms with Gasteiger partial charge in [0.1, 0.15) is 5.82 Å². The van der Waals surface area contributed by atoms with Gasteiger partial charge in [0.2, 0.25) is 5.76 Å². The van der Waals surface area contributed by atoms with E-state index in [-0.39, 0.29) is 5.91 Å². The van der Waals surface area contributed by atoms with Crippen molar-refractivity contribution in [1.29, 1.82) is 0 Å². The summed E-state index contributed by atoms with van der Waals surface area (Å²) in [6.45, 7) is 5.46. The first kappa shape index (κ1) is 15.4. The van der Waals surface area contributed by atoms with Crippen LogP contribution in [-0.2, 0) is 0 Å². The van der Waals surface area contributed by atoms with Crippen molar-refractivity contribution in [1.82, 2.24) is 19.4 Å². The van der Waals surface area contributed by atoms with E-state index in [1.54, 1.807) is 0 Å². The van der Waals surface area contributed by atoms with Gasteiger partial charge < -0.3 is 13.9 Å². The fourth-order valence-electron chi connectivity index (χ4n) is 3.89. The molecule has 1 aliphatic carbocycles. The fraction of sp³-hybridized carbons (Fsp3) is 0.611. The second kappa shape index (κ2) is 6.07. The Bertz CT molecular complexity index is 736. The molecule has 0 N–H and O–H groups in total. The highest BCUT2D eigenvalue weighted by atomic mass is 16.3. The largest absolute Gasteiger partial charge is 0.438 e. The van der Waals surface area contributed by atoms with Gasteiger partial charge in [-0.15, -0.1) is 0 Å². The molecule has 0 bridgehead atoms. The quantitative estimate of drug-likeness (QED) is 0.868. The molecular weight excluding hydrogens is 304 g/mol. The van der Waals surface area contributed by atoms with E-state index in [2.05, 4.69) is 21.5 Å². The van der Waals surface area contributed by atoms with Crippen LogP contribution in [0.4, 0.5) is 0 Å². The van der Waals surface area contributed by atoms with Crippen LogP contribution in [0, 0.1) is 13.8 Å². The number of aryl methyl sites for hydroxylation is 2. The Morgan fingerprint density at radius 3 is 2.50 bits per heavy atom. The van der Waals surface area contributed by atoms with Crippen LogP contribution < -0.4 is 0 Å². The van der Waals surface area contributed by atoms with Gasteiger partial charge in [-0.3, -0.25) is 4.79 Å². The summed E-state index contributed by atoms with van der Waals surface area (Å²) in [5.74, 6) is 2.23. The lowest BCUT2D eigenvalue weighted by Crippen LogP contribution is -2.39. The van der Waals surface area contributed by atoms with Crippen molar-refractivity contribution in [2.45, 2.75) is 57.9 Å². The molecule has 2 aliphatic rings. The zero-order valence-electron chi connectivity index (χ0n) is 14.4. The highest BCUT2D eigenvalue weighted by molar-refractivity contribution is 5.92. The molecule has 1 aliphatic heterocycles. The van der Waals surface area contributed by atoms with Gasteiger partial charge in [-0.1, -0.05) is 6.42 Å². The van der Waals surface area contributed by atoms with Crippen LogP contribution in [0.15, 0.2) is 17.0 Å². The molecule has 1 amide bonds. The van der Waals surface area contributed by atoms with Crippen molar-refractivity contribution < 1.29 is 9.21 Å². The fourth-order valence-corrected chi connectivity index (χ4v) is 3.89. The maximum Gasteiger partial charge on any atom is 0.291 e. The van der Waals surface area contributed by atoms with Crippen molar-refractivity contribution in [3.63, 3.8) is 0 Å². The van der Waals surface area contributed by atoms with E-state index in [4.69, 9.17) is 4.42 Å². The lowest BCUT2D eigenvalue weighted by molar-refractivity contribution is 0.0659. The lowest BCUT2D eigenvalue weighted by atomic mass is 9.84. The maximum absolute atomic E-state index is 12.5. The summed E-state index contributed by atoms with van der Waals surface area (Å²) in [7, 11) is 0. The number of carbonyl (C=O) groups is 1. The highest BCUT2D eigenvalue weighted by Crippen LogP contribution is 2.38. The topological polar surface area (TPSA) is 64.2 Å². The molecule has 0 unspecified atom stereocenters. The van der Waals surface area contributed by atoms with Crippen molar-refractivity contribution in [3.05, 3.63) is 35.6 Å². The molecule has 2 fully saturated rings. The van der Waals surface area contributed by atoms with Crippen LogP contribution in [0.25, 0.3) is 0 Å². The molecule has 6 nitrogen and oxygen atoms in total. The number of likely N-dealkylation sites (tertiary alicyclic amines) is 1. The SMILES string of the molecule is Cc1ncoc1C(=O)N1CCC(n2c(C)cnc2C2CCC2)CC1. The van der Waals surface area contributed by atoms with Crippen LogP contribution in [-0.4, -0.2) is 38.4 Å². The molecule has 0 atom stereocenters. The maximum atomic E-state index is 12.5. The van der Waals surface area contributed by atoms with Gasteiger partial charge in [-0.2, -0.15) is 0 Å². The third kappa shape index (κ3) is 2.54. The van der Waals surface area contributed by atoms with E-state index in [1.165, 1.54) is 37.2 Å². The summed E-state index contributed by atoms with van der Waals surface area (Å²) in [6, 6.07) is 0.447. The molecule has 24 heavy (non-hydrogen) atoms. The average Bonchev–Trinajstić information content (AvgIpc) is 3.12. The minimum atomic E-state index is -0.0370. The van der Waals surface area contributed by atoms with E-state index in [0.29, 0.717) is 23.4 Å². The van der Waals surface area contributed by atoms with Gasteiger partial charge in [0.05, 0.1) is 5.69 Å². The molecule has 1 saturated heterocycles. The van der Waals surface area contributed by atoms with Crippen LogP contribution in [0.3, 0.4) is 0 Å². The average molecular weight is 328 g/mol. The molecule has 4 rings (SSSR count). The summed E-state index contributed by atoms with van der Waals surface area (Å²) in [5, 5.41) is 0. The summed E-state index contributed by atoms with van der Waals surface area (Å²) >= 11 is 0. The van der Waals surface area contributed by atoms with Crippen LogP contribution in [0.1, 0.15) is 71.8 Å². The summed E-state index contributed by atoms with van der Waals surface area (Å²) in [6.07, 6.45) is 9.13. The molecule has 3 heterocycles. The number of aromatic nitrogens is 3. The molecule has 1 saturated carbocycles. The summed E-state index contributed by atoms with van der Waals surface area (Å²) in [4.78, 5) is 23.1. The third-order valence-corrected chi connectivity index (χ3v) is 5.54. The Labute approximate surface area is 141 Å². The van der Waals surface area contributed by atoms with E-state index < -0.39 is 0 Å². The van der Waals surface area contributed by atoms with E-state index in [1.807, 2.05) is 18.0 Å². The summed E-state index contributed by atoms with van der Waals surface area (Å²) < 4.78 is 7.69. The molecule has 2 aromatic rings. The van der Waals surface area contributed by atoms with E-state index >= 15 is 0 Å². The van der Waals surface area contributed by atoms with Gasteiger partial charge >= 0.3 is 0 Å². The van der Waals surface area contributed by atoms with Crippen molar-refractivity contribution in [2.24, 2.45) is 0 Å². The Balaban J connectivity index is 1.46. The van der Waals surface area contributed by atoms with Crippen LogP contribution in [0.5, 0.6) is 0 Å². The zero-order chi connectivity index (χ0) is 16.7. The van der Waals surface area contributed by atoms with Gasteiger partial charge in [0, 0.05) is 36.9 Å². The number of nitrogens with zero attached hydrogens (tertiary/aromatic N) is 4. The molecule has 128 valence electrons.